The summed E-state index contributed by atoms with van der Waals surface area (Å²) in [5.41, 5.74) is 2.73. The van der Waals surface area contributed by atoms with E-state index in [1.54, 1.807) is 23.6 Å². The third-order valence-electron chi connectivity index (χ3n) is 3.45. The first kappa shape index (κ1) is 16.9. The normalized spacial score (nSPS) is 10.8. The van der Waals surface area contributed by atoms with E-state index in [0.29, 0.717) is 6.61 Å². The first-order valence-electron chi connectivity index (χ1n) is 7.96. The Morgan fingerprint density at radius 1 is 1.16 bits per heavy atom. The summed E-state index contributed by atoms with van der Waals surface area (Å²) in [6.07, 6.45) is 5.07. The fourth-order valence-electron chi connectivity index (χ4n) is 2.26. The molecule has 3 aromatic rings. The molecule has 1 aromatic heterocycles. The van der Waals surface area contributed by atoms with Gasteiger partial charge in [0.15, 0.2) is 0 Å². The van der Waals surface area contributed by atoms with Crippen LogP contribution >= 0.6 is 11.3 Å². The van der Waals surface area contributed by atoms with E-state index >= 15 is 0 Å². The van der Waals surface area contributed by atoms with E-state index in [9.17, 15) is 4.79 Å². The summed E-state index contributed by atoms with van der Waals surface area (Å²) in [4.78, 5) is 16.3. The molecular weight excluding hydrogens is 332 g/mol. The molecule has 0 atom stereocenters. The van der Waals surface area contributed by atoms with Gasteiger partial charge in [-0.3, -0.25) is 4.79 Å². The molecule has 0 bridgehead atoms. The first-order valence-corrected chi connectivity index (χ1v) is 8.84. The molecule has 0 fully saturated rings. The van der Waals surface area contributed by atoms with Crippen molar-refractivity contribution in [3.63, 3.8) is 0 Å². The second kappa shape index (κ2) is 8.26. The summed E-state index contributed by atoms with van der Waals surface area (Å²) >= 11 is 1.59. The topological polar surface area (TPSA) is 51.2 Å². The van der Waals surface area contributed by atoms with E-state index < -0.39 is 0 Å². The Labute approximate surface area is 150 Å². The van der Waals surface area contributed by atoms with Crippen LogP contribution in [0.5, 0.6) is 5.75 Å². The highest BCUT2D eigenvalue weighted by Gasteiger charge is 2.02. The lowest BCUT2D eigenvalue weighted by Gasteiger charge is -2.04. The minimum Gasteiger partial charge on any atom is -0.494 e. The van der Waals surface area contributed by atoms with Crippen molar-refractivity contribution in [3.8, 4) is 16.3 Å². The molecule has 0 aliphatic carbocycles. The smallest absolute Gasteiger partial charge is 0.248 e. The van der Waals surface area contributed by atoms with Gasteiger partial charge >= 0.3 is 0 Å². The van der Waals surface area contributed by atoms with Crippen LogP contribution in [0, 0.1) is 0 Å². The van der Waals surface area contributed by atoms with Crippen LogP contribution in [-0.2, 0) is 4.79 Å². The highest BCUT2D eigenvalue weighted by Crippen LogP contribution is 2.23. The molecule has 3 rings (SSSR count). The van der Waals surface area contributed by atoms with Gasteiger partial charge in [0, 0.05) is 28.9 Å². The molecule has 2 aromatic carbocycles. The van der Waals surface area contributed by atoms with E-state index in [0.717, 1.165) is 27.6 Å². The van der Waals surface area contributed by atoms with E-state index in [-0.39, 0.29) is 5.91 Å². The predicted octanol–water partition coefficient (Wildman–Crippen LogP) is 4.86. The van der Waals surface area contributed by atoms with Gasteiger partial charge in [-0.1, -0.05) is 12.1 Å². The van der Waals surface area contributed by atoms with Gasteiger partial charge < -0.3 is 10.1 Å². The lowest BCUT2D eigenvalue weighted by Crippen LogP contribution is -2.07. The van der Waals surface area contributed by atoms with E-state index in [4.69, 9.17) is 4.74 Å². The molecule has 1 heterocycles. The van der Waals surface area contributed by atoms with Gasteiger partial charge in [0.2, 0.25) is 5.91 Å². The van der Waals surface area contributed by atoms with Crippen molar-refractivity contribution in [2.75, 3.05) is 11.9 Å². The standard InChI is InChI=1S/C20H18N2O2S/c1-2-24-18-10-3-15(4-11-18)5-12-19(23)22-17-8-6-16(7-9-17)20-21-13-14-25-20/h3-14H,2H2,1H3,(H,22,23)/b12-5+. The van der Waals surface area contributed by atoms with Crippen LogP contribution in [0.3, 0.4) is 0 Å². The lowest BCUT2D eigenvalue weighted by atomic mass is 10.2. The van der Waals surface area contributed by atoms with Crippen molar-refractivity contribution in [3.05, 3.63) is 71.7 Å². The number of rotatable bonds is 6. The van der Waals surface area contributed by atoms with Crippen molar-refractivity contribution >= 4 is 29.0 Å². The highest BCUT2D eigenvalue weighted by atomic mass is 32.1. The van der Waals surface area contributed by atoms with E-state index in [1.165, 1.54) is 6.08 Å². The van der Waals surface area contributed by atoms with Crippen molar-refractivity contribution in [2.45, 2.75) is 6.92 Å². The predicted molar refractivity (Wildman–Crippen MR) is 103 cm³/mol. The van der Waals surface area contributed by atoms with Crippen molar-refractivity contribution in [1.82, 2.24) is 4.98 Å². The molecule has 0 unspecified atom stereocenters. The molecule has 0 spiro atoms. The number of carbonyl (C=O) groups excluding carboxylic acids is 1. The largest absolute Gasteiger partial charge is 0.494 e. The first-order chi connectivity index (χ1) is 12.2. The summed E-state index contributed by atoms with van der Waals surface area (Å²) in [6, 6.07) is 15.2. The van der Waals surface area contributed by atoms with Crippen molar-refractivity contribution in [1.29, 1.82) is 0 Å². The second-order valence-electron chi connectivity index (χ2n) is 5.24. The fraction of sp³-hybridized carbons (Fsp3) is 0.100. The van der Waals surface area contributed by atoms with Crippen LogP contribution in [0.25, 0.3) is 16.6 Å². The highest BCUT2D eigenvalue weighted by molar-refractivity contribution is 7.13. The Morgan fingerprint density at radius 2 is 1.92 bits per heavy atom. The number of thiazole rings is 1. The summed E-state index contributed by atoms with van der Waals surface area (Å²) in [5, 5.41) is 5.76. The lowest BCUT2D eigenvalue weighted by molar-refractivity contribution is -0.111. The van der Waals surface area contributed by atoms with Crippen LogP contribution in [0.1, 0.15) is 12.5 Å². The number of hydrogen-bond acceptors (Lipinski definition) is 4. The van der Waals surface area contributed by atoms with Crippen molar-refractivity contribution < 1.29 is 9.53 Å². The Kier molecular flexibility index (Phi) is 5.59. The van der Waals surface area contributed by atoms with E-state index in [1.807, 2.05) is 60.8 Å². The van der Waals surface area contributed by atoms with Crippen LogP contribution in [-0.4, -0.2) is 17.5 Å². The van der Waals surface area contributed by atoms with Crippen LogP contribution < -0.4 is 10.1 Å². The molecule has 0 aliphatic rings. The maximum absolute atomic E-state index is 12.0. The Bertz CT molecular complexity index is 838. The third-order valence-corrected chi connectivity index (χ3v) is 4.27. The summed E-state index contributed by atoms with van der Waals surface area (Å²) in [5.74, 6) is 0.653. The Balaban J connectivity index is 1.58. The molecule has 1 N–H and O–H groups in total. The molecule has 25 heavy (non-hydrogen) atoms. The zero-order chi connectivity index (χ0) is 17.5. The summed E-state index contributed by atoms with van der Waals surface area (Å²) in [7, 11) is 0. The van der Waals surface area contributed by atoms with Gasteiger partial charge in [-0.2, -0.15) is 0 Å². The zero-order valence-corrected chi connectivity index (χ0v) is 14.6. The summed E-state index contributed by atoms with van der Waals surface area (Å²) in [6.45, 7) is 2.58. The number of carbonyl (C=O) groups is 1. The van der Waals surface area contributed by atoms with Gasteiger partial charge in [-0.15, -0.1) is 11.3 Å². The average Bonchev–Trinajstić information content (AvgIpc) is 3.17. The monoisotopic (exact) mass is 350 g/mol. The van der Waals surface area contributed by atoms with Gasteiger partial charge in [-0.25, -0.2) is 4.98 Å². The van der Waals surface area contributed by atoms with Crippen LogP contribution in [0.15, 0.2) is 66.2 Å². The fourth-order valence-corrected chi connectivity index (χ4v) is 2.90. The number of nitrogens with one attached hydrogen (secondary N) is 1. The van der Waals surface area contributed by atoms with Crippen LogP contribution in [0.2, 0.25) is 0 Å². The number of amides is 1. The van der Waals surface area contributed by atoms with E-state index in [2.05, 4.69) is 10.3 Å². The SMILES string of the molecule is CCOc1ccc(/C=C/C(=O)Nc2ccc(-c3nccs3)cc2)cc1. The Hall–Kier alpha value is -2.92. The van der Waals surface area contributed by atoms with Gasteiger partial charge in [0.1, 0.15) is 10.8 Å². The van der Waals surface area contributed by atoms with Crippen molar-refractivity contribution in [2.24, 2.45) is 0 Å². The summed E-state index contributed by atoms with van der Waals surface area (Å²) < 4.78 is 5.39. The van der Waals surface area contributed by atoms with Crippen LogP contribution in [0.4, 0.5) is 5.69 Å². The quantitative estimate of drug-likeness (QED) is 0.646. The molecular formula is C20H18N2O2S. The second-order valence-corrected chi connectivity index (χ2v) is 6.13. The maximum atomic E-state index is 12.0. The van der Waals surface area contributed by atoms with Gasteiger partial charge in [0.25, 0.3) is 0 Å². The van der Waals surface area contributed by atoms with Gasteiger partial charge in [0.05, 0.1) is 6.61 Å². The maximum Gasteiger partial charge on any atom is 0.248 e. The minimum atomic E-state index is -0.170. The number of aromatic nitrogens is 1. The molecule has 126 valence electrons. The molecule has 0 radical (unpaired) electrons. The Morgan fingerprint density at radius 3 is 2.56 bits per heavy atom. The molecule has 4 nitrogen and oxygen atoms in total. The molecule has 0 saturated carbocycles. The molecule has 0 saturated heterocycles. The number of ether oxygens (including phenoxy) is 1. The number of benzene rings is 2. The number of anilines is 1. The number of hydrogen-bond donors (Lipinski definition) is 1. The number of nitrogens with zero attached hydrogens (tertiary/aromatic N) is 1. The third kappa shape index (κ3) is 4.78. The van der Waals surface area contributed by atoms with Gasteiger partial charge in [-0.05, 0) is 55.0 Å². The molecule has 1 amide bonds. The zero-order valence-electron chi connectivity index (χ0n) is 13.8. The minimum absolute atomic E-state index is 0.170. The molecule has 5 heteroatoms. The average molecular weight is 350 g/mol. The molecule has 0 aliphatic heterocycles.